The highest BCUT2D eigenvalue weighted by atomic mass is 16.5. The zero-order valence-corrected chi connectivity index (χ0v) is 21.8. The fourth-order valence-corrected chi connectivity index (χ4v) is 5.24. The Bertz CT molecular complexity index is 1460. The number of amides is 1. The van der Waals surface area contributed by atoms with Crippen LogP contribution in [0.1, 0.15) is 35.6 Å². The van der Waals surface area contributed by atoms with Crippen LogP contribution in [0.15, 0.2) is 84.9 Å². The molecule has 1 fully saturated rings. The molecular weight excluding hydrogens is 478 g/mol. The number of ether oxygens (including phenoxy) is 3. The lowest BCUT2D eigenvalue weighted by atomic mass is 9.83. The molecule has 5 rings (SSSR count). The van der Waals surface area contributed by atoms with Gasteiger partial charge < -0.3 is 19.1 Å². The highest BCUT2D eigenvalue weighted by molar-refractivity contribution is 5.97. The molecule has 1 saturated heterocycles. The number of benzene rings is 4. The van der Waals surface area contributed by atoms with Crippen molar-refractivity contribution in [2.75, 3.05) is 19.1 Å². The lowest BCUT2D eigenvalue weighted by Crippen LogP contribution is -2.46. The van der Waals surface area contributed by atoms with E-state index >= 15 is 0 Å². The Hall–Kier alpha value is -4.32. The Morgan fingerprint density at radius 2 is 1.63 bits per heavy atom. The number of anilines is 1. The molecular formula is C32H31NO5. The van der Waals surface area contributed by atoms with Gasteiger partial charge in [-0.3, -0.25) is 9.59 Å². The number of hydrogen-bond acceptors (Lipinski definition) is 5. The Morgan fingerprint density at radius 1 is 0.895 bits per heavy atom. The maximum Gasteiger partial charge on any atom is 0.311 e. The number of carbonyl (C=O) groups excluding carboxylic acids is 2. The molecule has 6 heteroatoms. The molecule has 2 atom stereocenters. The van der Waals surface area contributed by atoms with E-state index in [1.165, 1.54) is 0 Å². The normalized spacial score (nSPS) is 17.3. The van der Waals surface area contributed by atoms with E-state index in [-0.39, 0.29) is 24.9 Å². The molecule has 0 aromatic heterocycles. The summed E-state index contributed by atoms with van der Waals surface area (Å²) in [7, 11) is 3.15. The highest BCUT2D eigenvalue weighted by Crippen LogP contribution is 2.43. The van der Waals surface area contributed by atoms with Crippen molar-refractivity contribution in [3.05, 3.63) is 102 Å². The van der Waals surface area contributed by atoms with Crippen LogP contribution in [-0.2, 0) is 20.9 Å². The number of rotatable bonds is 7. The van der Waals surface area contributed by atoms with Gasteiger partial charge in [0.2, 0.25) is 5.91 Å². The summed E-state index contributed by atoms with van der Waals surface area (Å²) in [6, 6.07) is 26.8. The van der Waals surface area contributed by atoms with Gasteiger partial charge in [-0.2, -0.15) is 0 Å². The van der Waals surface area contributed by atoms with Crippen molar-refractivity contribution in [3.63, 3.8) is 0 Å². The van der Waals surface area contributed by atoms with Crippen LogP contribution >= 0.6 is 0 Å². The third-order valence-corrected chi connectivity index (χ3v) is 7.21. The molecule has 38 heavy (non-hydrogen) atoms. The Kier molecular flexibility index (Phi) is 7.31. The van der Waals surface area contributed by atoms with Crippen molar-refractivity contribution in [2.24, 2.45) is 5.92 Å². The van der Waals surface area contributed by atoms with Gasteiger partial charge in [0.1, 0.15) is 6.61 Å². The summed E-state index contributed by atoms with van der Waals surface area (Å²) in [5, 5.41) is 2.15. The molecule has 0 radical (unpaired) electrons. The van der Waals surface area contributed by atoms with E-state index in [4.69, 9.17) is 14.2 Å². The van der Waals surface area contributed by atoms with Gasteiger partial charge in [0.05, 0.1) is 26.2 Å². The second-order valence-electron chi connectivity index (χ2n) is 9.55. The number of methoxy groups -OCH3 is 2. The third-order valence-electron chi connectivity index (χ3n) is 7.21. The molecule has 194 valence electrons. The second-order valence-corrected chi connectivity index (χ2v) is 9.55. The number of fused-ring (bicyclic) bond motifs is 1. The fourth-order valence-electron chi connectivity index (χ4n) is 5.24. The van der Waals surface area contributed by atoms with Gasteiger partial charge in [-0.05, 0) is 59.5 Å². The van der Waals surface area contributed by atoms with Crippen LogP contribution in [0.2, 0.25) is 0 Å². The lowest BCUT2D eigenvalue weighted by Gasteiger charge is -2.40. The molecule has 0 N–H and O–H groups in total. The van der Waals surface area contributed by atoms with Crippen LogP contribution in [0.3, 0.4) is 0 Å². The van der Waals surface area contributed by atoms with Gasteiger partial charge in [0.15, 0.2) is 11.5 Å². The summed E-state index contributed by atoms with van der Waals surface area (Å²) in [6.45, 7) is 2.16. The third kappa shape index (κ3) is 4.94. The summed E-state index contributed by atoms with van der Waals surface area (Å²) < 4.78 is 16.9. The minimum Gasteiger partial charge on any atom is -0.493 e. The predicted molar refractivity (Wildman–Crippen MR) is 147 cm³/mol. The average molecular weight is 510 g/mol. The molecule has 0 spiro atoms. The van der Waals surface area contributed by atoms with E-state index in [1.54, 1.807) is 25.2 Å². The van der Waals surface area contributed by atoms with Gasteiger partial charge in [-0.25, -0.2) is 0 Å². The molecule has 1 heterocycles. The summed E-state index contributed by atoms with van der Waals surface area (Å²) in [6.07, 6.45) is 0.653. The Morgan fingerprint density at radius 3 is 2.39 bits per heavy atom. The molecule has 0 aliphatic carbocycles. The van der Waals surface area contributed by atoms with Crippen molar-refractivity contribution in [1.82, 2.24) is 0 Å². The zero-order valence-electron chi connectivity index (χ0n) is 21.8. The Balaban J connectivity index is 1.51. The van der Waals surface area contributed by atoms with Crippen LogP contribution in [0.25, 0.3) is 10.8 Å². The molecule has 0 bridgehead atoms. The minimum atomic E-state index is -0.557. The number of hydrogen-bond donors (Lipinski definition) is 0. The Labute approximate surface area is 222 Å². The molecule has 4 aromatic carbocycles. The van der Waals surface area contributed by atoms with Crippen LogP contribution in [0.4, 0.5) is 5.69 Å². The second kappa shape index (κ2) is 11.0. The highest BCUT2D eigenvalue weighted by Gasteiger charge is 2.42. The standard InChI is InChI=1S/C32H31NO5/c1-21-11-14-25(15-12-21)33-30(34)18-16-27(31(33)23-13-17-28(36-2)29(19-23)37-3)32(35)38-20-24-9-6-8-22-7-4-5-10-26(22)24/h4-15,17,19,27,31H,16,18,20H2,1-3H3/t27-,31+/m0/s1. The monoisotopic (exact) mass is 509 g/mol. The first kappa shape index (κ1) is 25.3. The van der Waals surface area contributed by atoms with Gasteiger partial charge >= 0.3 is 5.97 Å². The van der Waals surface area contributed by atoms with E-state index in [0.29, 0.717) is 17.9 Å². The molecule has 1 aliphatic rings. The summed E-state index contributed by atoms with van der Waals surface area (Å²) >= 11 is 0. The lowest BCUT2D eigenvalue weighted by molar-refractivity contribution is -0.152. The van der Waals surface area contributed by atoms with Gasteiger partial charge in [-0.15, -0.1) is 0 Å². The quantitative estimate of drug-likeness (QED) is 0.270. The topological polar surface area (TPSA) is 65.1 Å². The minimum absolute atomic E-state index is 0.0354. The summed E-state index contributed by atoms with van der Waals surface area (Å²) in [4.78, 5) is 28.8. The molecule has 6 nitrogen and oxygen atoms in total. The molecule has 4 aromatic rings. The first-order valence-electron chi connectivity index (χ1n) is 12.7. The molecule has 0 unspecified atom stereocenters. The van der Waals surface area contributed by atoms with Crippen molar-refractivity contribution in [2.45, 2.75) is 32.4 Å². The van der Waals surface area contributed by atoms with Crippen molar-refractivity contribution < 1.29 is 23.8 Å². The van der Waals surface area contributed by atoms with E-state index in [1.807, 2.05) is 85.8 Å². The van der Waals surface area contributed by atoms with Crippen LogP contribution in [-0.4, -0.2) is 26.1 Å². The molecule has 1 amide bonds. The number of nitrogens with zero attached hydrogens (tertiary/aromatic N) is 1. The molecule has 0 saturated carbocycles. The maximum atomic E-state index is 13.7. The fraction of sp³-hybridized carbons (Fsp3) is 0.250. The number of piperidine rings is 1. The van der Waals surface area contributed by atoms with Gasteiger partial charge in [0, 0.05) is 12.1 Å². The van der Waals surface area contributed by atoms with E-state index in [0.717, 1.165) is 33.2 Å². The summed E-state index contributed by atoms with van der Waals surface area (Å²) in [5.41, 5.74) is 3.56. The van der Waals surface area contributed by atoms with Crippen molar-refractivity contribution >= 4 is 28.3 Å². The first-order chi connectivity index (χ1) is 18.5. The first-order valence-corrected chi connectivity index (χ1v) is 12.7. The number of carbonyl (C=O) groups is 2. The molecule has 1 aliphatic heterocycles. The maximum absolute atomic E-state index is 13.7. The largest absolute Gasteiger partial charge is 0.493 e. The van der Waals surface area contributed by atoms with Crippen molar-refractivity contribution in [1.29, 1.82) is 0 Å². The van der Waals surface area contributed by atoms with Crippen LogP contribution < -0.4 is 14.4 Å². The number of aryl methyl sites for hydroxylation is 1. The van der Waals surface area contributed by atoms with Gasteiger partial charge in [-0.1, -0.05) is 66.2 Å². The average Bonchev–Trinajstić information content (AvgIpc) is 2.95. The van der Waals surface area contributed by atoms with Crippen LogP contribution in [0.5, 0.6) is 11.5 Å². The van der Waals surface area contributed by atoms with E-state index in [2.05, 4.69) is 0 Å². The summed E-state index contributed by atoms with van der Waals surface area (Å²) in [5.74, 6) is 0.196. The predicted octanol–water partition coefficient (Wildman–Crippen LogP) is 6.39. The smallest absolute Gasteiger partial charge is 0.311 e. The SMILES string of the molecule is COc1ccc([C@@H]2[C@@H](C(=O)OCc3cccc4ccccc34)CCC(=O)N2c2ccc(C)cc2)cc1OC. The van der Waals surface area contributed by atoms with Crippen molar-refractivity contribution in [3.8, 4) is 11.5 Å². The number of esters is 1. The van der Waals surface area contributed by atoms with Crippen LogP contribution in [0, 0.1) is 12.8 Å². The van der Waals surface area contributed by atoms with Gasteiger partial charge in [0.25, 0.3) is 0 Å². The van der Waals surface area contributed by atoms with E-state index in [9.17, 15) is 9.59 Å². The zero-order chi connectivity index (χ0) is 26.6. The van der Waals surface area contributed by atoms with E-state index < -0.39 is 12.0 Å².